The summed E-state index contributed by atoms with van der Waals surface area (Å²) in [6.45, 7) is 5.98. The Morgan fingerprint density at radius 3 is 2.07 bits per heavy atom. The average molecular weight is 601 g/mol. The van der Waals surface area contributed by atoms with Crippen LogP contribution < -0.4 is 19.5 Å². The molecule has 1 atom stereocenters. The summed E-state index contributed by atoms with van der Waals surface area (Å²) in [6, 6.07) is 21.0. The van der Waals surface area contributed by atoms with E-state index in [0.717, 1.165) is 22.5 Å². The monoisotopic (exact) mass is 600 g/mol. The lowest BCUT2D eigenvalue weighted by Crippen LogP contribution is -2.41. The van der Waals surface area contributed by atoms with Crippen LogP contribution in [-0.4, -0.2) is 53.8 Å². The molecule has 0 spiro atoms. The molecule has 4 rings (SSSR count). The van der Waals surface area contributed by atoms with Gasteiger partial charge in [0.25, 0.3) is 5.91 Å². The summed E-state index contributed by atoms with van der Waals surface area (Å²) in [4.78, 5) is 38.7. The molecule has 2 amide bonds. The van der Waals surface area contributed by atoms with E-state index < -0.39 is 6.04 Å². The fraction of sp³-hybridized carbons (Fsp3) is 0.273. The van der Waals surface area contributed by atoms with E-state index in [4.69, 9.17) is 14.2 Å². The third-order valence-electron chi connectivity index (χ3n) is 6.72. The van der Waals surface area contributed by atoms with Crippen LogP contribution in [0.4, 0.5) is 5.69 Å². The van der Waals surface area contributed by atoms with E-state index >= 15 is 0 Å². The Bertz CT molecular complexity index is 1540. The number of hydrogen-bond donors (Lipinski definition) is 1. The number of nitrogens with zero attached hydrogens (tertiary/aromatic N) is 3. The molecule has 43 heavy (non-hydrogen) atoms. The number of carbonyl (C=O) groups excluding carboxylic acids is 2. The van der Waals surface area contributed by atoms with Gasteiger partial charge in [0.15, 0.2) is 16.7 Å². The zero-order valence-electron chi connectivity index (χ0n) is 25.2. The third-order valence-corrected chi connectivity index (χ3v) is 7.55. The lowest BCUT2D eigenvalue weighted by molar-refractivity contribution is -0.137. The SMILES string of the molecule is COc1ccc(NC(=O)C(c2ccc(OC)c(OC)c2)N(Cc2ccc(C)cc2)C(=O)CSc2nc(C)cc(C)n2)cc1. The number of thioether (sulfide) groups is 1. The zero-order chi connectivity index (χ0) is 30.9. The number of anilines is 1. The Morgan fingerprint density at radius 2 is 1.47 bits per heavy atom. The number of aromatic nitrogens is 2. The Hall–Kier alpha value is -4.57. The number of aryl methyl sites for hydroxylation is 3. The molecule has 0 saturated heterocycles. The van der Waals surface area contributed by atoms with Gasteiger partial charge in [0.05, 0.1) is 27.1 Å². The molecular formula is C33H36N4O5S. The quantitative estimate of drug-likeness (QED) is 0.158. The molecule has 0 aliphatic heterocycles. The van der Waals surface area contributed by atoms with Crippen LogP contribution in [0.15, 0.2) is 78.0 Å². The highest BCUT2D eigenvalue weighted by Crippen LogP contribution is 2.34. The van der Waals surface area contributed by atoms with Crippen molar-refractivity contribution >= 4 is 29.3 Å². The molecule has 1 unspecified atom stereocenters. The van der Waals surface area contributed by atoms with Crippen molar-refractivity contribution in [3.63, 3.8) is 0 Å². The molecule has 224 valence electrons. The van der Waals surface area contributed by atoms with Gasteiger partial charge in [0.1, 0.15) is 11.8 Å². The van der Waals surface area contributed by atoms with Crippen molar-refractivity contribution in [1.29, 1.82) is 0 Å². The number of rotatable bonds is 12. The molecule has 0 aliphatic carbocycles. The first-order valence-corrected chi connectivity index (χ1v) is 14.7. The van der Waals surface area contributed by atoms with E-state index in [0.29, 0.717) is 33.7 Å². The van der Waals surface area contributed by atoms with Gasteiger partial charge in [-0.25, -0.2) is 9.97 Å². The van der Waals surface area contributed by atoms with Crippen LogP contribution >= 0.6 is 11.8 Å². The maximum Gasteiger partial charge on any atom is 0.251 e. The van der Waals surface area contributed by atoms with E-state index in [-0.39, 0.29) is 24.1 Å². The van der Waals surface area contributed by atoms with Gasteiger partial charge in [0, 0.05) is 23.6 Å². The summed E-state index contributed by atoms with van der Waals surface area (Å²) in [5.74, 6) is 1.02. The van der Waals surface area contributed by atoms with Crippen LogP contribution in [-0.2, 0) is 16.1 Å². The van der Waals surface area contributed by atoms with Gasteiger partial charge in [-0.3, -0.25) is 9.59 Å². The number of methoxy groups -OCH3 is 3. The van der Waals surface area contributed by atoms with E-state index in [2.05, 4.69) is 15.3 Å². The molecule has 0 radical (unpaired) electrons. The minimum absolute atomic E-state index is 0.0361. The minimum Gasteiger partial charge on any atom is -0.497 e. The first-order chi connectivity index (χ1) is 20.7. The Morgan fingerprint density at radius 1 is 0.814 bits per heavy atom. The number of nitrogens with one attached hydrogen (secondary N) is 1. The Kier molecular flexibility index (Phi) is 10.6. The van der Waals surface area contributed by atoms with Gasteiger partial charge < -0.3 is 24.4 Å². The molecule has 10 heteroatoms. The van der Waals surface area contributed by atoms with Crippen LogP contribution in [0.1, 0.15) is 34.1 Å². The molecule has 9 nitrogen and oxygen atoms in total. The predicted molar refractivity (Wildman–Crippen MR) is 168 cm³/mol. The van der Waals surface area contributed by atoms with E-state index in [1.807, 2.05) is 51.1 Å². The molecule has 1 aromatic heterocycles. The molecular weight excluding hydrogens is 564 g/mol. The highest BCUT2D eigenvalue weighted by atomic mass is 32.2. The normalized spacial score (nSPS) is 11.4. The van der Waals surface area contributed by atoms with Crippen molar-refractivity contribution in [1.82, 2.24) is 14.9 Å². The fourth-order valence-electron chi connectivity index (χ4n) is 4.56. The first kappa shape index (κ1) is 31.4. The lowest BCUT2D eigenvalue weighted by atomic mass is 10.0. The van der Waals surface area contributed by atoms with Gasteiger partial charge in [-0.05, 0) is 74.4 Å². The van der Waals surface area contributed by atoms with Gasteiger partial charge in [0.2, 0.25) is 5.91 Å². The molecule has 0 saturated carbocycles. The summed E-state index contributed by atoms with van der Waals surface area (Å²) < 4.78 is 16.2. The van der Waals surface area contributed by atoms with Crippen LogP contribution in [0, 0.1) is 20.8 Å². The second-order valence-electron chi connectivity index (χ2n) is 9.96. The summed E-state index contributed by atoms with van der Waals surface area (Å²) in [6.07, 6.45) is 0. The lowest BCUT2D eigenvalue weighted by Gasteiger charge is -2.32. The minimum atomic E-state index is -1.00. The van der Waals surface area contributed by atoms with E-state index in [1.165, 1.54) is 18.9 Å². The second-order valence-corrected chi connectivity index (χ2v) is 10.9. The van der Waals surface area contributed by atoms with E-state index in [9.17, 15) is 9.59 Å². The second kappa shape index (κ2) is 14.6. The Labute approximate surface area is 256 Å². The molecule has 0 fully saturated rings. The smallest absolute Gasteiger partial charge is 0.251 e. The number of benzene rings is 3. The van der Waals surface area contributed by atoms with Crippen molar-refractivity contribution in [3.05, 3.63) is 101 Å². The van der Waals surface area contributed by atoms with Crippen molar-refractivity contribution in [3.8, 4) is 17.2 Å². The number of amides is 2. The van der Waals surface area contributed by atoms with Crippen molar-refractivity contribution in [2.75, 3.05) is 32.4 Å². The van der Waals surface area contributed by atoms with Gasteiger partial charge >= 0.3 is 0 Å². The maximum absolute atomic E-state index is 14.1. The van der Waals surface area contributed by atoms with Gasteiger partial charge in [-0.1, -0.05) is 47.7 Å². The molecule has 4 aromatic rings. The highest BCUT2D eigenvalue weighted by molar-refractivity contribution is 7.99. The maximum atomic E-state index is 14.1. The summed E-state index contributed by atoms with van der Waals surface area (Å²) in [7, 11) is 4.66. The standard InChI is InChI=1S/C33H36N4O5S/c1-21-7-9-24(10-8-21)19-37(30(38)20-43-33-34-22(2)17-23(3)35-33)31(25-11-16-28(41-5)29(18-25)42-6)32(39)36-26-12-14-27(40-4)15-13-26/h7-18,31H,19-20H2,1-6H3,(H,36,39). The molecule has 0 aliphatic rings. The summed E-state index contributed by atoms with van der Waals surface area (Å²) in [5, 5.41) is 3.49. The third kappa shape index (κ3) is 8.26. The summed E-state index contributed by atoms with van der Waals surface area (Å²) in [5.41, 5.74) is 4.75. The molecule has 0 bridgehead atoms. The highest BCUT2D eigenvalue weighted by Gasteiger charge is 2.33. The summed E-state index contributed by atoms with van der Waals surface area (Å²) >= 11 is 1.24. The predicted octanol–water partition coefficient (Wildman–Crippen LogP) is 5.93. The van der Waals surface area contributed by atoms with Crippen LogP contribution in [0.25, 0.3) is 0 Å². The average Bonchev–Trinajstić information content (AvgIpc) is 3.00. The van der Waals surface area contributed by atoms with Gasteiger partial charge in [-0.2, -0.15) is 0 Å². The van der Waals surface area contributed by atoms with Crippen LogP contribution in [0.3, 0.4) is 0 Å². The van der Waals surface area contributed by atoms with Crippen LogP contribution in [0.5, 0.6) is 17.2 Å². The van der Waals surface area contributed by atoms with Crippen molar-refractivity contribution in [2.24, 2.45) is 0 Å². The zero-order valence-corrected chi connectivity index (χ0v) is 26.0. The number of carbonyl (C=O) groups is 2. The fourth-order valence-corrected chi connectivity index (χ4v) is 5.40. The number of ether oxygens (including phenoxy) is 3. The Balaban J connectivity index is 1.75. The molecule has 1 heterocycles. The van der Waals surface area contributed by atoms with Crippen molar-refractivity contribution < 1.29 is 23.8 Å². The number of hydrogen-bond acceptors (Lipinski definition) is 8. The van der Waals surface area contributed by atoms with E-state index in [1.54, 1.807) is 61.6 Å². The molecule has 3 aromatic carbocycles. The van der Waals surface area contributed by atoms with Crippen LogP contribution in [0.2, 0.25) is 0 Å². The van der Waals surface area contributed by atoms with Gasteiger partial charge in [-0.15, -0.1) is 0 Å². The molecule has 1 N–H and O–H groups in total. The van der Waals surface area contributed by atoms with Crippen molar-refractivity contribution in [2.45, 2.75) is 38.5 Å². The first-order valence-electron chi connectivity index (χ1n) is 13.7. The topological polar surface area (TPSA) is 103 Å². The largest absolute Gasteiger partial charge is 0.497 e.